The Morgan fingerprint density at radius 1 is 1.40 bits per heavy atom. The lowest BCUT2D eigenvalue weighted by atomic mass is 9.92. The number of aliphatic hydroxyl groups excluding tert-OH is 1. The van der Waals surface area contributed by atoms with E-state index in [1.54, 1.807) is 6.08 Å². The minimum Gasteiger partial charge on any atom is -0.408 e. The second-order valence-electron chi connectivity index (χ2n) is 6.00. The molecule has 1 aliphatic rings. The first kappa shape index (κ1) is 17.6. The molecule has 0 bridgehead atoms. The van der Waals surface area contributed by atoms with Crippen LogP contribution in [0.15, 0.2) is 24.8 Å². The normalized spacial score (nSPS) is 25.1. The van der Waals surface area contributed by atoms with Gasteiger partial charge in [-0.15, -0.1) is 13.2 Å². The lowest BCUT2D eigenvalue weighted by Crippen LogP contribution is -2.50. The predicted octanol–water partition coefficient (Wildman–Crippen LogP) is 3.66. The van der Waals surface area contributed by atoms with Crippen molar-refractivity contribution in [3.63, 3.8) is 0 Å². The van der Waals surface area contributed by atoms with Crippen molar-refractivity contribution in [3.8, 4) is 0 Å². The molecule has 0 unspecified atom stereocenters. The Labute approximate surface area is 124 Å². The van der Waals surface area contributed by atoms with Gasteiger partial charge >= 0.3 is 0 Å². The summed E-state index contributed by atoms with van der Waals surface area (Å²) in [6.07, 6.45) is 1.30. The molecule has 116 valence electrons. The molecule has 0 aromatic heterocycles. The van der Waals surface area contributed by atoms with Crippen molar-refractivity contribution in [1.82, 2.24) is 0 Å². The summed E-state index contributed by atoms with van der Waals surface area (Å²) in [5.74, 6) is 0. The molecule has 0 saturated carbocycles. The van der Waals surface area contributed by atoms with E-state index in [-0.39, 0.29) is 6.10 Å². The van der Waals surface area contributed by atoms with E-state index in [9.17, 15) is 5.11 Å². The van der Waals surface area contributed by atoms with Gasteiger partial charge in [0.25, 0.3) is 0 Å². The first-order valence-electron chi connectivity index (χ1n) is 7.65. The highest BCUT2D eigenvalue weighted by Crippen LogP contribution is 2.42. The van der Waals surface area contributed by atoms with Crippen LogP contribution >= 0.6 is 0 Å². The summed E-state index contributed by atoms with van der Waals surface area (Å²) in [4.78, 5) is 0. The quantitative estimate of drug-likeness (QED) is 0.380. The number of rotatable bonds is 10. The molecule has 3 atom stereocenters. The van der Waals surface area contributed by atoms with E-state index in [1.807, 2.05) is 6.92 Å². The molecule has 0 aromatic rings. The monoisotopic (exact) mass is 298 g/mol. The fraction of sp³-hybridized carbons (Fsp3) is 0.750. The maximum atomic E-state index is 10.3. The van der Waals surface area contributed by atoms with Gasteiger partial charge in [0.1, 0.15) is 11.7 Å². The Bertz CT molecular complexity index is 337. The van der Waals surface area contributed by atoms with E-state index in [2.05, 4.69) is 33.9 Å². The van der Waals surface area contributed by atoms with Gasteiger partial charge in [-0.25, -0.2) is 0 Å². The van der Waals surface area contributed by atoms with Gasteiger partial charge in [-0.3, -0.25) is 0 Å². The van der Waals surface area contributed by atoms with Crippen molar-refractivity contribution in [1.29, 1.82) is 0 Å². The summed E-state index contributed by atoms with van der Waals surface area (Å²) < 4.78 is 12.2. The summed E-state index contributed by atoms with van der Waals surface area (Å²) in [6.45, 7) is 16.9. The molecule has 1 N–H and O–H groups in total. The van der Waals surface area contributed by atoms with Crippen LogP contribution in [-0.2, 0) is 9.16 Å². The van der Waals surface area contributed by atoms with E-state index in [4.69, 9.17) is 9.16 Å². The van der Waals surface area contributed by atoms with Gasteiger partial charge in [-0.05, 0) is 25.1 Å². The molecule has 1 saturated heterocycles. The fourth-order valence-corrected chi connectivity index (χ4v) is 5.74. The summed E-state index contributed by atoms with van der Waals surface area (Å²) in [5.41, 5.74) is 0.668. The molecule has 3 nitrogen and oxygen atoms in total. The fourth-order valence-electron chi connectivity index (χ4n) is 2.85. The van der Waals surface area contributed by atoms with Crippen molar-refractivity contribution in [2.45, 2.75) is 70.1 Å². The highest BCUT2D eigenvalue weighted by molar-refractivity contribution is 6.73. The number of epoxide rings is 1. The summed E-state index contributed by atoms with van der Waals surface area (Å²) >= 11 is 0. The molecule has 1 heterocycles. The lowest BCUT2D eigenvalue weighted by Gasteiger charge is -2.37. The minimum atomic E-state index is -1.80. The lowest BCUT2D eigenvalue weighted by molar-refractivity contribution is 0.00187. The van der Waals surface area contributed by atoms with E-state index in [1.165, 1.54) is 0 Å². The first-order valence-corrected chi connectivity index (χ1v) is 10.2. The zero-order valence-corrected chi connectivity index (χ0v) is 14.4. The van der Waals surface area contributed by atoms with E-state index in [0.29, 0.717) is 6.61 Å². The largest absolute Gasteiger partial charge is 0.408 e. The number of hydrogen-bond donors (Lipinski definition) is 1. The Kier molecular flexibility index (Phi) is 6.19. The predicted molar refractivity (Wildman–Crippen MR) is 86.4 cm³/mol. The topological polar surface area (TPSA) is 42.0 Å². The number of hydrogen-bond acceptors (Lipinski definition) is 3. The minimum absolute atomic E-state index is 0.316. The Balaban J connectivity index is 2.96. The molecule has 0 aliphatic carbocycles. The number of aliphatic hydroxyl groups is 1. The average Bonchev–Trinajstić information content (AvgIpc) is 3.20. The van der Waals surface area contributed by atoms with Gasteiger partial charge < -0.3 is 14.3 Å². The van der Waals surface area contributed by atoms with Crippen LogP contribution in [0.1, 0.15) is 34.1 Å². The van der Waals surface area contributed by atoms with Crippen molar-refractivity contribution < 1.29 is 14.3 Å². The van der Waals surface area contributed by atoms with Crippen LogP contribution in [-0.4, -0.2) is 37.8 Å². The maximum absolute atomic E-state index is 10.3. The Hall–Kier alpha value is -0.423. The van der Waals surface area contributed by atoms with E-state index < -0.39 is 20.0 Å². The zero-order valence-electron chi connectivity index (χ0n) is 13.4. The molecule has 1 fully saturated rings. The van der Waals surface area contributed by atoms with Crippen LogP contribution in [0.5, 0.6) is 0 Å². The van der Waals surface area contributed by atoms with Crippen molar-refractivity contribution in [2.75, 3.05) is 6.61 Å². The van der Waals surface area contributed by atoms with Gasteiger partial charge in [-0.2, -0.15) is 0 Å². The van der Waals surface area contributed by atoms with Gasteiger partial charge in [0.2, 0.25) is 0 Å². The van der Waals surface area contributed by atoms with Gasteiger partial charge in [-0.1, -0.05) is 32.4 Å². The van der Waals surface area contributed by atoms with Crippen molar-refractivity contribution >= 4 is 8.32 Å². The van der Waals surface area contributed by atoms with Crippen molar-refractivity contribution in [2.24, 2.45) is 0 Å². The molecule has 1 rings (SSSR count). The highest BCUT2D eigenvalue weighted by atomic mass is 28.4. The van der Waals surface area contributed by atoms with E-state index in [0.717, 1.165) is 30.1 Å². The van der Waals surface area contributed by atoms with Gasteiger partial charge in [0, 0.05) is 6.42 Å². The average molecular weight is 298 g/mol. The standard InChI is InChI=1S/C16H30O3Si/c1-7-14(17)15(16(12-18-16)11-13(5)6)19-20(8-2,9-3)10-4/h7,14-15,17H,1,5,8-12H2,2-4,6H3/t14-,15+,16+/m0/s1. The Morgan fingerprint density at radius 2 is 1.90 bits per heavy atom. The highest BCUT2D eigenvalue weighted by Gasteiger charge is 2.56. The van der Waals surface area contributed by atoms with Crippen LogP contribution in [0.25, 0.3) is 0 Å². The second-order valence-corrected chi connectivity index (χ2v) is 10.7. The molecule has 0 spiro atoms. The maximum Gasteiger partial charge on any atom is 0.192 e. The van der Waals surface area contributed by atoms with Crippen LogP contribution in [0.4, 0.5) is 0 Å². The van der Waals surface area contributed by atoms with Crippen molar-refractivity contribution in [3.05, 3.63) is 24.8 Å². The Morgan fingerprint density at radius 3 is 2.20 bits per heavy atom. The van der Waals surface area contributed by atoms with Crippen LogP contribution in [0.3, 0.4) is 0 Å². The third-order valence-corrected chi connectivity index (χ3v) is 9.12. The smallest absolute Gasteiger partial charge is 0.192 e. The molecular weight excluding hydrogens is 268 g/mol. The summed E-state index contributed by atoms with van der Waals surface area (Å²) in [6, 6.07) is 3.18. The second kappa shape index (κ2) is 7.03. The van der Waals surface area contributed by atoms with E-state index >= 15 is 0 Å². The molecule has 0 aromatic carbocycles. The molecule has 20 heavy (non-hydrogen) atoms. The van der Waals surface area contributed by atoms with Crippen LogP contribution in [0, 0.1) is 0 Å². The zero-order chi connectivity index (χ0) is 15.4. The molecular formula is C16H30O3Si. The van der Waals surface area contributed by atoms with Crippen LogP contribution < -0.4 is 0 Å². The summed E-state index contributed by atoms with van der Waals surface area (Å²) in [5, 5.41) is 10.3. The third-order valence-electron chi connectivity index (χ3n) is 4.50. The van der Waals surface area contributed by atoms with Gasteiger partial charge in [0.15, 0.2) is 8.32 Å². The molecule has 1 aliphatic heterocycles. The molecule has 0 amide bonds. The SMILES string of the molecule is C=C[C@H](O)[C@@H](O[Si](CC)(CC)CC)[C@@]1(CC(=C)C)CO1. The molecule has 4 heteroatoms. The summed E-state index contributed by atoms with van der Waals surface area (Å²) in [7, 11) is -1.80. The first-order chi connectivity index (χ1) is 9.38. The van der Waals surface area contributed by atoms with Crippen LogP contribution in [0.2, 0.25) is 18.1 Å². The molecule has 0 radical (unpaired) electrons. The third kappa shape index (κ3) is 3.82. The number of ether oxygens (including phenoxy) is 1. The van der Waals surface area contributed by atoms with Gasteiger partial charge in [0.05, 0.1) is 12.7 Å².